The average Bonchev–Trinajstić information content (AvgIpc) is 2.92. The predicted molar refractivity (Wildman–Crippen MR) is 90.4 cm³/mol. The van der Waals surface area contributed by atoms with Gasteiger partial charge < -0.3 is 4.57 Å². The van der Waals surface area contributed by atoms with Gasteiger partial charge in [-0.3, -0.25) is 4.90 Å². The molecule has 4 rings (SSSR count). The second-order valence-corrected chi connectivity index (χ2v) is 7.39. The fraction of sp³-hybridized carbons (Fsp3) is 0.412. The number of rotatable bonds is 3. The number of aryl methyl sites for hydroxylation is 3. The van der Waals surface area contributed by atoms with Crippen molar-refractivity contribution >= 4 is 22.4 Å². The summed E-state index contributed by atoms with van der Waals surface area (Å²) in [4.78, 5) is 13.1. The van der Waals surface area contributed by atoms with Crippen LogP contribution in [0.4, 0.5) is 0 Å². The van der Waals surface area contributed by atoms with Gasteiger partial charge in [0.25, 0.3) is 0 Å². The number of benzene rings is 1. The van der Waals surface area contributed by atoms with Gasteiger partial charge in [-0.2, -0.15) is 0 Å². The van der Waals surface area contributed by atoms with Crippen LogP contribution in [0.15, 0.2) is 24.3 Å². The molecular formula is C17H20N4S. The monoisotopic (exact) mass is 312 g/mol. The fourth-order valence-corrected chi connectivity index (χ4v) is 4.36. The molecule has 0 amide bonds. The van der Waals surface area contributed by atoms with E-state index < -0.39 is 0 Å². The van der Waals surface area contributed by atoms with Gasteiger partial charge in [-0.05, 0) is 32.9 Å². The van der Waals surface area contributed by atoms with E-state index in [2.05, 4.69) is 64.5 Å². The summed E-state index contributed by atoms with van der Waals surface area (Å²) in [6.45, 7) is 9.53. The summed E-state index contributed by atoms with van der Waals surface area (Å²) < 4.78 is 2.40. The predicted octanol–water partition coefficient (Wildman–Crippen LogP) is 3.47. The summed E-state index contributed by atoms with van der Waals surface area (Å²) in [7, 11) is 0. The lowest BCUT2D eigenvalue weighted by atomic mass is 10.1. The topological polar surface area (TPSA) is 34.0 Å². The van der Waals surface area contributed by atoms with Crippen molar-refractivity contribution in [2.45, 2.75) is 33.4 Å². The largest absolute Gasteiger partial charge is 0.322 e. The van der Waals surface area contributed by atoms with E-state index in [0.717, 1.165) is 31.0 Å². The van der Waals surface area contributed by atoms with Crippen molar-refractivity contribution in [1.82, 2.24) is 19.4 Å². The quantitative estimate of drug-likeness (QED) is 0.742. The number of hydrogen-bond donors (Lipinski definition) is 0. The number of para-hydroxylation sites is 2. The normalized spacial score (nSPS) is 16.3. The lowest BCUT2D eigenvalue weighted by molar-refractivity contribution is 0.101. The molecule has 3 aromatic rings. The molecule has 0 saturated carbocycles. The average molecular weight is 312 g/mol. The number of likely N-dealkylation sites (tertiary alicyclic amines) is 1. The number of imidazole rings is 1. The second kappa shape index (κ2) is 5.18. The lowest BCUT2D eigenvalue weighted by Crippen LogP contribution is -2.47. The number of aromatic nitrogens is 3. The van der Waals surface area contributed by atoms with Crippen LogP contribution in [0.2, 0.25) is 0 Å². The first kappa shape index (κ1) is 13.9. The van der Waals surface area contributed by atoms with Crippen LogP contribution in [-0.4, -0.2) is 32.5 Å². The highest BCUT2D eigenvalue weighted by molar-refractivity contribution is 7.11. The molecule has 0 spiro atoms. The molecule has 1 aliphatic heterocycles. The van der Waals surface area contributed by atoms with Crippen molar-refractivity contribution in [3.05, 3.63) is 45.7 Å². The van der Waals surface area contributed by atoms with E-state index in [0.29, 0.717) is 6.04 Å². The Morgan fingerprint density at radius 1 is 1.14 bits per heavy atom. The van der Waals surface area contributed by atoms with Crippen molar-refractivity contribution in [2.75, 3.05) is 13.1 Å². The minimum absolute atomic E-state index is 0.543. The lowest BCUT2D eigenvalue weighted by Gasteiger charge is -2.40. The summed E-state index contributed by atoms with van der Waals surface area (Å²) in [6.07, 6.45) is 0. The van der Waals surface area contributed by atoms with E-state index in [1.807, 2.05) is 11.3 Å². The molecule has 3 heterocycles. The van der Waals surface area contributed by atoms with Crippen LogP contribution in [0.1, 0.15) is 27.4 Å². The third kappa shape index (κ3) is 2.25. The third-order valence-electron chi connectivity index (χ3n) is 4.44. The molecule has 1 aliphatic rings. The van der Waals surface area contributed by atoms with E-state index in [4.69, 9.17) is 0 Å². The Kier molecular flexibility index (Phi) is 3.27. The first-order valence-corrected chi connectivity index (χ1v) is 8.52. The molecule has 0 unspecified atom stereocenters. The van der Waals surface area contributed by atoms with Crippen LogP contribution in [0.3, 0.4) is 0 Å². The molecule has 22 heavy (non-hydrogen) atoms. The molecule has 1 fully saturated rings. The van der Waals surface area contributed by atoms with E-state index in [9.17, 15) is 0 Å². The summed E-state index contributed by atoms with van der Waals surface area (Å²) in [5, 5.41) is 1.17. The molecule has 0 atom stereocenters. The molecule has 0 radical (unpaired) electrons. The highest BCUT2D eigenvalue weighted by Gasteiger charge is 2.30. The number of hydrogen-bond acceptors (Lipinski definition) is 4. The molecule has 0 N–H and O–H groups in total. The molecule has 5 heteroatoms. The van der Waals surface area contributed by atoms with E-state index >= 15 is 0 Å². The zero-order chi connectivity index (χ0) is 15.3. The minimum atomic E-state index is 0.543. The highest BCUT2D eigenvalue weighted by Crippen LogP contribution is 2.30. The maximum absolute atomic E-state index is 4.68. The summed E-state index contributed by atoms with van der Waals surface area (Å²) >= 11 is 1.82. The standard InChI is InChI=1S/C17H20N4S/c1-11-17(22-13(3)18-11)10-20-8-14(9-20)21-12(2)19-15-6-4-5-7-16(15)21/h4-7,14H,8-10H2,1-3H3. The van der Waals surface area contributed by atoms with Gasteiger partial charge in [0, 0.05) is 24.5 Å². The Balaban J connectivity index is 1.51. The first-order valence-electron chi connectivity index (χ1n) is 7.70. The summed E-state index contributed by atoms with van der Waals surface area (Å²) in [6, 6.07) is 8.97. The van der Waals surface area contributed by atoms with E-state index in [1.54, 1.807) is 0 Å². The van der Waals surface area contributed by atoms with E-state index in [1.165, 1.54) is 21.1 Å². The van der Waals surface area contributed by atoms with Gasteiger partial charge in [0.1, 0.15) is 5.82 Å². The van der Waals surface area contributed by atoms with Gasteiger partial charge in [0.2, 0.25) is 0 Å². The number of thiazole rings is 1. The highest BCUT2D eigenvalue weighted by atomic mass is 32.1. The molecule has 4 nitrogen and oxygen atoms in total. The van der Waals surface area contributed by atoms with Crippen LogP contribution in [-0.2, 0) is 6.54 Å². The smallest absolute Gasteiger partial charge is 0.107 e. The zero-order valence-electron chi connectivity index (χ0n) is 13.2. The maximum Gasteiger partial charge on any atom is 0.107 e. The molecule has 114 valence electrons. The Bertz CT molecular complexity index is 826. The SMILES string of the molecule is Cc1nc(C)c(CN2CC(n3c(C)nc4ccccc43)C2)s1. The van der Waals surface area contributed by atoms with Crippen molar-refractivity contribution in [3.8, 4) is 0 Å². The molecule has 0 aliphatic carbocycles. The third-order valence-corrected chi connectivity index (χ3v) is 5.50. The van der Waals surface area contributed by atoms with Gasteiger partial charge in [-0.25, -0.2) is 9.97 Å². The summed E-state index contributed by atoms with van der Waals surface area (Å²) in [5.41, 5.74) is 3.55. The van der Waals surface area contributed by atoms with Crippen LogP contribution in [0.25, 0.3) is 11.0 Å². The molecular weight excluding hydrogens is 292 g/mol. The minimum Gasteiger partial charge on any atom is -0.322 e. The van der Waals surface area contributed by atoms with Gasteiger partial charge in [0.15, 0.2) is 0 Å². The van der Waals surface area contributed by atoms with Crippen molar-refractivity contribution in [3.63, 3.8) is 0 Å². The molecule has 1 aromatic carbocycles. The Labute approximate surface area is 134 Å². The fourth-order valence-electron chi connectivity index (χ4n) is 3.38. The Hall–Kier alpha value is -1.72. The van der Waals surface area contributed by atoms with Gasteiger partial charge in [0.05, 0.1) is 27.8 Å². The van der Waals surface area contributed by atoms with Crippen LogP contribution in [0.5, 0.6) is 0 Å². The van der Waals surface area contributed by atoms with Crippen LogP contribution in [0, 0.1) is 20.8 Å². The molecule has 2 aromatic heterocycles. The van der Waals surface area contributed by atoms with Gasteiger partial charge in [-0.1, -0.05) is 12.1 Å². The number of fused-ring (bicyclic) bond motifs is 1. The molecule has 1 saturated heterocycles. The first-order chi connectivity index (χ1) is 10.6. The van der Waals surface area contributed by atoms with Crippen LogP contribution >= 0.6 is 11.3 Å². The summed E-state index contributed by atoms with van der Waals surface area (Å²) in [5.74, 6) is 1.12. The zero-order valence-corrected chi connectivity index (χ0v) is 14.0. The van der Waals surface area contributed by atoms with Crippen molar-refractivity contribution < 1.29 is 0 Å². The second-order valence-electron chi connectivity index (χ2n) is 6.11. The van der Waals surface area contributed by atoms with E-state index in [-0.39, 0.29) is 0 Å². The van der Waals surface area contributed by atoms with Crippen molar-refractivity contribution in [2.24, 2.45) is 0 Å². The Morgan fingerprint density at radius 2 is 1.91 bits per heavy atom. The van der Waals surface area contributed by atoms with Gasteiger partial charge >= 0.3 is 0 Å². The van der Waals surface area contributed by atoms with Crippen LogP contribution < -0.4 is 0 Å². The van der Waals surface area contributed by atoms with Crippen molar-refractivity contribution in [1.29, 1.82) is 0 Å². The van der Waals surface area contributed by atoms with Gasteiger partial charge in [-0.15, -0.1) is 11.3 Å². The maximum atomic E-state index is 4.68. The molecule has 0 bridgehead atoms. The Morgan fingerprint density at radius 3 is 2.64 bits per heavy atom. The number of nitrogens with zero attached hydrogens (tertiary/aromatic N) is 4.